The van der Waals surface area contributed by atoms with E-state index in [0.29, 0.717) is 22.4 Å². The second kappa shape index (κ2) is 7.55. The summed E-state index contributed by atoms with van der Waals surface area (Å²) in [6.07, 6.45) is 3.58. The lowest BCUT2D eigenvalue weighted by Crippen LogP contribution is -2.41. The van der Waals surface area contributed by atoms with Gasteiger partial charge in [0.25, 0.3) is 0 Å². The Hall–Kier alpha value is -3.47. The lowest BCUT2D eigenvalue weighted by atomic mass is 9.95. The van der Waals surface area contributed by atoms with Crippen LogP contribution >= 0.6 is 11.6 Å². The van der Waals surface area contributed by atoms with E-state index in [0.717, 1.165) is 0 Å². The molecule has 0 aliphatic heterocycles. The van der Waals surface area contributed by atoms with Gasteiger partial charge in [-0.15, -0.1) is 0 Å². The predicted molar refractivity (Wildman–Crippen MR) is 122 cm³/mol. The van der Waals surface area contributed by atoms with Gasteiger partial charge in [0.2, 0.25) is 0 Å². The minimum atomic E-state index is -1.59. The Bertz CT molecular complexity index is 1440. The number of nitrogen functional groups attached to an aromatic ring is 2. The molecule has 1 aliphatic rings. The van der Waals surface area contributed by atoms with Crippen molar-refractivity contribution in [2.45, 2.75) is 24.7 Å². The van der Waals surface area contributed by atoms with Crippen molar-refractivity contribution in [2.24, 2.45) is 0 Å². The summed E-state index contributed by atoms with van der Waals surface area (Å²) < 4.78 is 22.0. The number of hydrogen-bond acceptors (Lipinski definition) is 8. The maximum Gasteiger partial charge on any atom is 0.146 e. The average Bonchev–Trinajstić information content (AvgIpc) is 3.28. The van der Waals surface area contributed by atoms with E-state index in [9.17, 15) is 14.6 Å². The SMILES string of the molecule is CC1(O)C(COc2cc(F)c3cc(Cl)c(N)nc3c2)=CC(n2ccc3c(N)ncnc32)C1O. The van der Waals surface area contributed by atoms with Crippen LogP contribution in [-0.4, -0.2) is 48.0 Å². The third kappa shape index (κ3) is 3.43. The fourth-order valence-electron chi connectivity index (χ4n) is 4.09. The minimum absolute atomic E-state index is 0.0801. The molecule has 9 nitrogen and oxygen atoms in total. The average molecular weight is 471 g/mol. The molecule has 5 rings (SSSR count). The highest BCUT2D eigenvalue weighted by molar-refractivity contribution is 6.33. The number of benzene rings is 1. The zero-order valence-electron chi connectivity index (χ0n) is 17.4. The Balaban J connectivity index is 1.45. The fourth-order valence-corrected chi connectivity index (χ4v) is 4.24. The number of fused-ring (bicyclic) bond motifs is 2. The van der Waals surface area contributed by atoms with Gasteiger partial charge in [-0.25, -0.2) is 19.3 Å². The van der Waals surface area contributed by atoms with Crippen molar-refractivity contribution in [1.82, 2.24) is 19.5 Å². The first kappa shape index (κ1) is 21.4. The number of pyridine rings is 1. The third-order valence-corrected chi connectivity index (χ3v) is 6.32. The zero-order valence-corrected chi connectivity index (χ0v) is 18.2. The van der Waals surface area contributed by atoms with Gasteiger partial charge in [-0.3, -0.25) is 0 Å². The van der Waals surface area contributed by atoms with E-state index < -0.39 is 23.6 Å². The standard InChI is InChI=1S/C22H20ClFN6O3/c1-22(32)10(4-17(18(22)31)30-3-2-12-19(25)27-9-28-21(12)30)8-33-11-5-15(24)13-7-14(23)20(26)29-16(13)6-11/h2-7,9,17-18,31-32H,8H2,1H3,(H2,26,29)(H2,25,27,28). The van der Waals surface area contributed by atoms with Crippen LogP contribution in [0.4, 0.5) is 16.0 Å². The van der Waals surface area contributed by atoms with Crippen molar-refractivity contribution >= 4 is 45.2 Å². The number of aliphatic hydroxyl groups excluding tert-OH is 1. The monoisotopic (exact) mass is 470 g/mol. The molecule has 33 heavy (non-hydrogen) atoms. The molecule has 11 heteroatoms. The number of halogens is 2. The van der Waals surface area contributed by atoms with Crippen LogP contribution in [0.15, 0.2) is 48.4 Å². The van der Waals surface area contributed by atoms with Gasteiger partial charge in [0, 0.05) is 23.7 Å². The predicted octanol–water partition coefficient (Wildman–Crippen LogP) is 2.61. The maximum absolute atomic E-state index is 14.6. The number of anilines is 2. The molecule has 0 bridgehead atoms. The molecule has 0 saturated heterocycles. The van der Waals surface area contributed by atoms with E-state index in [1.54, 1.807) is 22.9 Å². The second-order valence-corrected chi connectivity index (χ2v) is 8.52. The van der Waals surface area contributed by atoms with E-state index in [1.807, 2.05) is 0 Å². The van der Waals surface area contributed by atoms with E-state index in [4.69, 9.17) is 27.8 Å². The highest BCUT2D eigenvalue weighted by Gasteiger charge is 2.46. The molecule has 0 spiro atoms. The smallest absolute Gasteiger partial charge is 0.146 e. The van der Waals surface area contributed by atoms with Crippen LogP contribution in [0.5, 0.6) is 5.75 Å². The number of aromatic nitrogens is 4. The molecule has 1 aromatic carbocycles. The Labute approximate surface area is 192 Å². The minimum Gasteiger partial charge on any atom is -0.489 e. The van der Waals surface area contributed by atoms with Crippen LogP contribution in [0.3, 0.4) is 0 Å². The summed E-state index contributed by atoms with van der Waals surface area (Å²) in [6, 6.07) is 5.26. The van der Waals surface area contributed by atoms with Gasteiger partial charge >= 0.3 is 0 Å². The van der Waals surface area contributed by atoms with Crippen LogP contribution in [0.25, 0.3) is 21.9 Å². The first-order valence-corrected chi connectivity index (χ1v) is 10.4. The molecule has 4 aromatic rings. The summed E-state index contributed by atoms with van der Waals surface area (Å²) in [7, 11) is 0. The van der Waals surface area contributed by atoms with Gasteiger partial charge in [0.15, 0.2) is 0 Å². The lowest BCUT2D eigenvalue weighted by molar-refractivity contribution is -0.0414. The maximum atomic E-state index is 14.6. The molecule has 0 fully saturated rings. The van der Waals surface area contributed by atoms with Gasteiger partial charge in [-0.05, 0) is 24.6 Å². The number of rotatable bonds is 4. The lowest BCUT2D eigenvalue weighted by Gasteiger charge is -2.28. The summed E-state index contributed by atoms with van der Waals surface area (Å²) in [4.78, 5) is 12.3. The van der Waals surface area contributed by atoms with Crippen molar-refractivity contribution in [1.29, 1.82) is 0 Å². The quantitative estimate of drug-likeness (QED) is 0.333. The largest absolute Gasteiger partial charge is 0.489 e. The third-order valence-electron chi connectivity index (χ3n) is 6.01. The van der Waals surface area contributed by atoms with Crippen LogP contribution < -0.4 is 16.2 Å². The van der Waals surface area contributed by atoms with Crippen LogP contribution in [0.2, 0.25) is 5.02 Å². The van der Waals surface area contributed by atoms with E-state index in [1.165, 1.54) is 31.5 Å². The molecule has 0 amide bonds. The van der Waals surface area contributed by atoms with Gasteiger partial charge in [-0.1, -0.05) is 17.7 Å². The summed E-state index contributed by atoms with van der Waals surface area (Å²) in [5.74, 6) is 0.0183. The molecule has 3 atom stereocenters. The highest BCUT2D eigenvalue weighted by Crippen LogP contribution is 2.39. The van der Waals surface area contributed by atoms with Gasteiger partial charge in [0.1, 0.15) is 53.5 Å². The number of nitrogens with two attached hydrogens (primary N) is 2. The van der Waals surface area contributed by atoms with E-state index in [2.05, 4.69) is 15.0 Å². The normalized spacial score (nSPS) is 22.8. The van der Waals surface area contributed by atoms with E-state index >= 15 is 0 Å². The van der Waals surface area contributed by atoms with Crippen LogP contribution in [0, 0.1) is 5.82 Å². The zero-order chi connectivity index (χ0) is 23.5. The van der Waals surface area contributed by atoms with Gasteiger partial charge in [-0.2, -0.15) is 0 Å². The molecule has 3 unspecified atom stereocenters. The van der Waals surface area contributed by atoms with Gasteiger partial charge in [0.05, 0.1) is 22.0 Å². The summed E-state index contributed by atoms with van der Waals surface area (Å²) in [5.41, 5.74) is 11.3. The Morgan fingerprint density at radius 1 is 1.21 bits per heavy atom. The van der Waals surface area contributed by atoms with Crippen molar-refractivity contribution in [3.63, 3.8) is 0 Å². The number of nitrogens with zero attached hydrogens (tertiary/aromatic N) is 4. The molecule has 6 N–H and O–H groups in total. The molecular weight excluding hydrogens is 451 g/mol. The Morgan fingerprint density at radius 3 is 2.79 bits per heavy atom. The summed E-state index contributed by atoms with van der Waals surface area (Å²) in [5, 5.41) is 22.9. The van der Waals surface area contributed by atoms with Crippen molar-refractivity contribution < 1.29 is 19.3 Å². The van der Waals surface area contributed by atoms with Crippen molar-refractivity contribution in [3.05, 3.63) is 59.3 Å². The molecule has 3 heterocycles. The van der Waals surface area contributed by atoms with Crippen LogP contribution in [0.1, 0.15) is 13.0 Å². The van der Waals surface area contributed by atoms with Crippen molar-refractivity contribution in [3.8, 4) is 5.75 Å². The van der Waals surface area contributed by atoms with E-state index in [-0.39, 0.29) is 34.1 Å². The highest BCUT2D eigenvalue weighted by atomic mass is 35.5. The number of hydrogen-bond donors (Lipinski definition) is 4. The molecule has 1 aliphatic carbocycles. The van der Waals surface area contributed by atoms with Gasteiger partial charge < -0.3 is 31.0 Å². The molecule has 0 radical (unpaired) electrons. The number of aliphatic hydroxyl groups is 2. The van der Waals surface area contributed by atoms with Crippen molar-refractivity contribution in [2.75, 3.05) is 18.1 Å². The van der Waals surface area contributed by atoms with Crippen LogP contribution in [-0.2, 0) is 0 Å². The first-order valence-electron chi connectivity index (χ1n) is 10.0. The Morgan fingerprint density at radius 2 is 2.00 bits per heavy atom. The molecule has 170 valence electrons. The Kier molecular flexibility index (Phi) is 4.89. The number of ether oxygens (including phenoxy) is 1. The summed E-state index contributed by atoms with van der Waals surface area (Å²) >= 11 is 5.93. The molecule has 0 saturated carbocycles. The summed E-state index contributed by atoms with van der Waals surface area (Å²) in [6.45, 7) is 1.40. The topological polar surface area (TPSA) is 145 Å². The first-order chi connectivity index (χ1) is 15.7. The molecule has 3 aromatic heterocycles. The molecular formula is C22H20ClFN6O3. The second-order valence-electron chi connectivity index (χ2n) is 8.11. The fraction of sp³-hybridized carbons (Fsp3) is 0.227.